The minimum Gasteiger partial charge on any atom is -1.00 e. The second-order valence-electron chi connectivity index (χ2n) is 8.42. The Balaban J connectivity index is 0.00000127. The zero-order valence-electron chi connectivity index (χ0n) is 20.1. The Morgan fingerprint density at radius 3 is 1.16 bits per heavy atom. The van der Waals surface area contributed by atoms with Crippen molar-refractivity contribution in [3.63, 3.8) is 0 Å². The molecule has 0 bridgehead atoms. The Kier molecular flexibility index (Phi) is 10.6. The van der Waals surface area contributed by atoms with Crippen LogP contribution in [0.5, 0.6) is 0 Å². The van der Waals surface area contributed by atoms with Crippen molar-refractivity contribution in [1.82, 2.24) is 0 Å². The Hall–Kier alpha value is -2.40. The van der Waals surface area contributed by atoms with Crippen molar-refractivity contribution in [2.24, 2.45) is 0 Å². The molecule has 1 heterocycles. The Bertz CT molecular complexity index is 1390. The first kappa shape index (κ1) is 29.2. The summed E-state index contributed by atoms with van der Waals surface area (Å²) < 4.78 is 0. The van der Waals surface area contributed by atoms with Crippen molar-refractivity contribution < 1.29 is 51.0 Å². The zero-order valence-corrected chi connectivity index (χ0v) is 25.0. The molecule has 0 unspecified atom stereocenters. The van der Waals surface area contributed by atoms with E-state index in [4.69, 9.17) is 0 Å². The summed E-state index contributed by atoms with van der Waals surface area (Å²) in [4.78, 5) is 0. The van der Waals surface area contributed by atoms with Gasteiger partial charge in [-0.2, -0.15) is 11.4 Å². The molecule has 0 aliphatic heterocycles. The van der Waals surface area contributed by atoms with E-state index < -0.39 is 7.53 Å². The average Bonchev–Trinajstić information content (AvgIpc) is 3.57. The quantitative estimate of drug-likeness (QED) is 0.264. The molecule has 0 nitrogen and oxygen atoms in total. The fraction of sp³-hybridized carbons (Fsp3) is 0.0303. The smallest absolute Gasteiger partial charge is 1.00 e. The first-order valence-electron chi connectivity index (χ1n) is 11.7. The van der Waals surface area contributed by atoms with Crippen LogP contribution in [0.3, 0.4) is 0 Å². The van der Waals surface area contributed by atoms with Crippen LogP contribution in [-0.4, -0.2) is 0 Å². The van der Waals surface area contributed by atoms with Gasteiger partial charge < -0.3 is 24.8 Å². The molecule has 0 spiro atoms. The monoisotopic (exact) mass is 611 g/mol. The molecule has 0 fully saturated rings. The van der Waals surface area contributed by atoms with Crippen LogP contribution in [0, 0.1) is 6.08 Å². The second-order valence-corrected chi connectivity index (χ2v) is 10.5. The minimum absolute atomic E-state index is 0. The van der Waals surface area contributed by atoms with Gasteiger partial charge in [0.1, 0.15) is 0 Å². The van der Waals surface area contributed by atoms with Crippen LogP contribution < -0.4 is 24.8 Å². The van der Waals surface area contributed by atoms with Crippen LogP contribution in [0.2, 0.25) is 0 Å². The van der Waals surface area contributed by atoms with Crippen LogP contribution in [0.1, 0.15) is 6.42 Å². The topological polar surface area (TPSA) is 0 Å². The van der Waals surface area contributed by atoms with E-state index >= 15 is 0 Å². The van der Waals surface area contributed by atoms with Gasteiger partial charge in [0.05, 0.1) is 0 Å². The molecule has 4 aromatic carbocycles. The van der Waals surface area contributed by atoms with Gasteiger partial charge in [-0.1, -0.05) is 121 Å². The van der Waals surface area contributed by atoms with Crippen LogP contribution in [0.4, 0.5) is 0 Å². The predicted octanol–water partition coefficient (Wildman–Crippen LogP) is 3.95. The van der Waals surface area contributed by atoms with E-state index in [0.29, 0.717) is 0 Å². The molecule has 179 valence electrons. The van der Waals surface area contributed by atoms with E-state index in [2.05, 4.69) is 140 Å². The van der Waals surface area contributed by atoms with E-state index in [1.54, 1.807) is 0 Å². The van der Waals surface area contributed by atoms with Crippen molar-refractivity contribution in [1.29, 1.82) is 0 Å². The molecule has 0 saturated heterocycles. The van der Waals surface area contributed by atoms with E-state index in [1.807, 2.05) is 0 Å². The summed E-state index contributed by atoms with van der Waals surface area (Å²) in [5.74, 6) is 0. The van der Waals surface area contributed by atoms with Gasteiger partial charge in [0.2, 0.25) is 0 Å². The van der Waals surface area contributed by atoms with Gasteiger partial charge >= 0.3 is 26.2 Å². The van der Waals surface area contributed by atoms with E-state index in [9.17, 15) is 0 Å². The molecule has 0 amide bonds. The molecule has 1 aliphatic carbocycles. The van der Waals surface area contributed by atoms with Crippen molar-refractivity contribution in [3.05, 3.63) is 140 Å². The molecular weight excluding hydrogens is 589 g/mol. The molecule has 1 aromatic heterocycles. The van der Waals surface area contributed by atoms with Crippen molar-refractivity contribution in [3.8, 4) is 44.0 Å². The molecule has 1 aliphatic rings. The first-order valence-corrected chi connectivity index (χ1v) is 13.0. The van der Waals surface area contributed by atoms with Gasteiger partial charge in [-0.25, -0.2) is 6.08 Å². The maximum absolute atomic E-state index is 3.71. The average molecular weight is 614 g/mol. The zero-order chi connectivity index (χ0) is 22.7. The summed E-state index contributed by atoms with van der Waals surface area (Å²) >= 11 is 0. The number of halogens is 2. The molecule has 4 heteroatoms. The molecule has 5 aromatic rings. The van der Waals surface area contributed by atoms with Gasteiger partial charge in [0, 0.05) is 21.7 Å². The minimum atomic E-state index is -0.774. The third-order valence-corrected chi connectivity index (χ3v) is 8.95. The molecule has 1 radical (unpaired) electrons. The molecule has 0 N–H and O–H groups in total. The van der Waals surface area contributed by atoms with Crippen molar-refractivity contribution in [2.75, 3.05) is 0 Å². The Labute approximate surface area is 252 Å². The summed E-state index contributed by atoms with van der Waals surface area (Å²) in [5, 5.41) is 4.18. The Morgan fingerprint density at radius 2 is 0.838 bits per heavy atom. The van der Waals surface area contributed by atoms with Gasteiger partial charge in [-0.05, 0) is 22.3 Å². The summed E-state index contributed by atoms with van der Waals surface area (Å²) in [6.07, 6.45) is 9.14. The number of rotatable bonds is 5. The van der Waals surface area contributed by atoms with Crippen molar-refractivity contribution in [2.45, 2.75) is 6.42 Å². The molecule has 6 rings (SSSR count). The summed E-state index contributed by atoms with van der Waals surface area (Å²) in [7, 11) is -0.774. The molecular formula is C33H24Cl2PZr. The third kappa shape index (κ3) is 5.72. The number of benzene rings is 4. The maximum atomic E-state index is 3.71. The van der Waals surface area contributed by atoms with Crippen LogP contribution in [0.25, 0.3) is 49.3 Å². The standard InChI is InChI=1S/C33H24P.2ClH.Zr/c1-5-15-25(16-6-1)30-31(26-17-7-2-8-18-26)33(28-21-11-4-12-22-28)34(29-23-13-14-24-29)32(30)27-19-9-3-10-20-27;;;/h1-13,15-23H,14H2;2*1H;/q-1;;;+3/p-2. The summed E-state index contributed by atoms with van der Waals surface area (Å²) in [6, 6.07) is 43.7. The number of allylic oxidation sites excluding steroid dienone is 4. The maximum Gasteiger partial charge on any atom is 3.00 e. The summed E-state index contributed by atoms with van der Waals surface area (Å²) in [6.45, 7) is 0. The van der Waals surface area contributed by atoms with Crippen LogP contribution in [0.15, 0.2) is 133 Å². The van der Waals surface area contributed by atoms with Gasteiger partial charge in [-0.3, -0.25) is 6.08 Å². The van der Waals surface area contributed by atoms with Crippen molar-refractivity contribution >= 4 is 12.8 Å². The van der Waals surface area contributed by atoms with E-state index in [0.717, 1.165) is 6.42 Å². The van der Waals surface area contributed by atoms with Gasteiger partial charge in [-0.15, -0.1) is 14.0 Å². The number of hydrogen-bond acceptors (Lipinski definition) is 0. The largest absolute Gasteiger partial charge is 3.00 e. The summed E-state index contributed by atoms with van der Waals surface area (Å²) in [5.41, 5.74) is 7.81. The first-order chi connectivity index (χ1) is 16.9. The normalized spacial score (nSPS) is 11.6. The van der Waals surface area contributed by atoms with E-state index in [1.165, 1.54) is 49.3 Å². The van der Waals surface area contributed by atoms with Gasteiger partial charge in [0.15, 0.2) is 0 Å². The molecule has 0 saturated carbocycles. The fourth-order valence-electron chi connectivity index (χ4n) is 4.87. The Morgan fingerprint density at radius 1 is 0.486 bits per heavy atom. The van der Waals surface area contributed by atoms with Gasteiger partial charge in [0.25, 0.3) is 0 Å². The number of hydrogen-bond donors (Lipinski definition) is 0. The predicted molar refractivity (Wildman–Crippen MR) is 148 cm³/mol. The molecule has 0 atom stereocenters. The second kappa shape index (κ2) is 13.4. The molecule has 37 heavy (non-hydrogen) atoms. The van der Waals surface area contributed by atoms with Crippen LogP contribution >= 0.6 is 7.53 Å². The van der Waals surface area contributed by atoms with Crippen LogP contribution in [-0.2, 0) is 26.2 Å². The fourth-order valence-corrected chi connectivity index (χ4v) is 7.82. The third-order valence-electron chi connectivity index (χ3n) is 6.31. The van der Waals surface area contributed by atoms with E-state index in [-0.39, 0.29) is 51.0 Å². The SMILES string of the molecule is [C-]1=C(p2c(-c3ccccc3)c(-c3ccccc3)c(-c3ccccc3)c2-c2ccccc2)C=CC1.[Cl-].[Cl-].[Zr+3].